The van der Waals surface area contributed by atoms with Crippen molar-refractivity contribution in [3.63, 3.8) is 0 Å². The van der Waals surface area contributed by atoms with Gasteiger partial charge in [-0.1, -0.05) is 30.3 Å². The summed E-state index contributed by atoms with van der Waals surface area (Å²) in [5.74, 6) is -14.4. The molecule has 168 valence electrons. The molecule has 7 nitrogen and oxygen atoms in total. The standard InChI is InChI=1S/C18H16F5N3O4S/c19-12-13(20)15(22)17(16(23)14(12)21)31(29,30)26-10(8-9-4-2-1-3-5-9)18(28)25-7-6-11(24)27/h1-5,10,26H,6-8H2,(H2,24,27)(H,25,28). The third-order valence-electron chi connectivity index (χ3n) is 4.01. The quantitative estimate of drug-likeness (QED) is 0.294. The number of carbonyl (C=O) groups is 2. The van der Waals surface area contributed by atoms with Crippen molar-refractivity contribution in [3.8, 4) is 0 Å². The van der Waals surface area contributed by atoms with Gasteiger partial charge in [-0.05, 0) is 12.0 Å². The third kappa shape index (κ3) is 5.76. The first kappa shape index (κ1) is 24.2. The average Bonchev–Trinajstić information content (AvgIpc) is 2.70. The molecule has 2 amide bonds. The monoisotopic (exact) mass is 465 g/mol. The van der Waals surface area contributed by atoms with Gasteiger partial charge in [0.1, 0.15) is 6.04 Å². The van der Waals surface area contributed by atoms with Gasteiger partial charge in [0.15, 0.2) is 28.2 Å². The van der Waals surface area contributed by atoms with Crippen LogP contribution in [-0.2, 0) is 26.0 Å². The average molecular weight is 465 g/mol. The lowest BCUT2D eigenvalue weighted by Gasteiger charge is -2.19. The maximum absolute atomic E-state index is 14.0. The van der Waals surface area contributed by atoms with Crippen LogP contribution in [0.1, 0.15) is 12.0 Å². The fraction of sp³-hybridized carbons (Fsp3) is 0.222. The highest BCUT2D eigenvalue weighted by atomic mass is 32.2. The predicted molar refractivity (Wildman–Crippen MR) is 97.3 cm³/mol. The van der Waals surface area contributed by atoms with E-state index in [0.717, 1.165) is 0 Å². The van der Waals surface area contributed by atoms with Crippen molar-refractivity contribution in [1.29, 1.82) is 0 Å². The van der Waals surface area contributed by atoms with E-state index in [4.69, 9.17) is 5.73 Å². The van der Waals surface area contributed by atoms with E-state index in [9.17, 15) is 40.0 Å². The highest BCUT2D eigenvalue weighted by Gasteiger charge is 2.36. The number of hydrogen-bond donors (Lipinski definition) is 3. The van der Waals surface area contributed by atoms with Crippen molar-refractivity contribution >= 4 is 21.8 Å². The lowest BCUT2D eigenvalue weighted by atomic mass is 10.1. The van der Waals surface area contributed by atoms with Gasteiger partial charge in [0.2, 0.25) is 27.7 Å². The Morgan fingerprint density at radius 2 is 1.42 bits per heavy atom. The number of nitrogens with two attached hydrogens (primary N) is 1. The van der Waals surface area contributed by atoms with Crippen molar-refractivity contribution in [2.75, 3.05) is 6.54 Å². The van der Waals surface area contributed by atoms with Crippen LogP contribution in [0.4, 0.5) is 22.0 Å². The summed E-state index contributed by atoms with van der Waals surface area (Å²) in [7, 11) is -5.39. The molecule has 13 heteroatoms. The second-order valence-corrected chi connectivity index (χ2v) is 7.92. The van der Waals surface area contributed by atoms with Crippen LogP contribution in [0.25, 0.3) is 0 Å². The molecule has 2 aromatic carbocycles. The molecule has 0 aliphatic carbocycles. The third-order valence-corrected chi connectivity index (χ3v) is 5.50. The summed E-state index contributed by atoms with van der Waals surface area (Å²) in [4.78, 5) is 21.1. The Hall–Kier alpha value is -3.06. The summed E-state index contributed by atoms with van der Waals surface area (Å²) in [6.07, 6.45) is -0.619. The first-order valence-electron chi connectivity index (χ1n) is 8.59. The van der Waals surface area contributed by atoms with Gasteiger partial charge >= 0.3 is 0 Å². The zero-order chi connectivity index (χ0) is 23.3. The molecule has 0 spiro atoms. The maximum atomic E-state index is 14.0. The molecule has 2 rings (SSSR count). The van der Waals surface area contributed by atoms with E-state index in [-0.39, 0.29) is 19.4 Å². The van der Waals surface area contributed by atoms with Crippen LogP contribution in [0.3, 0.4) is 0 Å². The van der Waals surface area contributed by atoms with Gasteiger partial charge in [0.05, 0.1) is 0 Å². The lowest BCUT2D eigenvalue weighted by Crippen LogP contribution is -2.48. The molecule has 0 aromatic heterocycles. The summed E-state index contributed by atoms with van der Waals surface area (Å²) < 4.78 is 94.7. The van der Waals surface area contributed by atoms with E-state index in [0.29, 0.717) is 5.56 Å². The molecule has 0 saturated carbocycles. The van der Waals surface area contributed by atoms with E-state index in [1.807, 2.05) is 0 Å². The Labute approximate surface area is 173 Å². The first-order valence-corrected chi connectivity index (χ1v) is 10.1. The van der Waals surface area contributed by atoms with Crippen molar-refractivity contribution in [3.05, 3.63) is 65.0 Å². The highest BCUT2D eigenvalue weighted by Crippen LogP contribution is 2.26. The molecule has 1 unspecified atom stereocenters. The Balaban J connectivity index is 2.41. The first-order chi connectivity index (χ1) is 14.5. The lowest BCUT2D eigenvalue weighted by molar-refractivity contribution is -0.123. The second kappa shape index (κ2) is 9.83. The summed E-state index contributed by atoms with van der Waals surface area (Å²) in [5, 5.41) is 2.21. The van der Waals surface area contributed by atoms with Crippen LogP contribution >= 0.6 is 0 Å². The van der Waals surface area contributed by atoms with Crippen LogP contribution in [-0.4, -0.2) is 32.8 Å². The summed E-state index contributed by atoms with van der Waals surface area (Å²) in [6, 6.07) is 6.07. The predicted octanol–water partition coefficient (Wildman–Crippen LogP) is 1.26. The van der Waals surface area contributed by atoms with Crippen LogP contribution in [0.5, 0.6) is 0 Å². The van der Waals surface area contributed by atoms with Crippen LogP contribution in [0.15, 0.2) is 35.2 Å². The Bertz CT molecular complexity index is 1070. The van der Waals surface area contributed by atoms with Gasteiger partial charge in [0.25, 0.3) is 0 Å². The van der Waals surface area contributed by atoms with Crippen molar-refractivity contribution < 1.29 is 40.0 Å². The van der Waals surface area contributed by atoms with E-state index in [1.165, 1.54) is 12.1 Å². The number of benzene rings is 2. The Morgan fingerprint density at radius 1 is 0.903 bits per heavy atom. The van der Waals surface area contributed by atoms with E-state index >= 15 is 0 Å². The molecule has 1 atom stereocenters. The fourth-order valence-corrected chi connectivity index (χ4v) is 3.87. The second-order valence-electron chi connectivity index (χ2n) is 6.27. The Kier molecular flexibility index (Phi) is 7.68. The molecule has 2 aromatic rings. The van der Waals surface area contributed by atoms with Gasteiger partial charge in [0, 0.05) is 13.0 Å². The van der Waals surface area contributed by atoms with Gasteiger partial charge in [-0.15, -0.1) is 0 Å². The van der Waals surface area contributed by atoms with E-state index < -0.39 is 61.9 Å². The molecule has 4 N–H and O–H groups in total. The van der Waals surface area contributed by atoms with Gasteiger partial charge < -0.3 is 11.1 Å². The van der Waals surface area contributed by atoms with Crippen molar-refractivity contribution in [2.24, 2.45) is 5.73 Å². The molecule has 0 bridgehead atoms. The minimum Gasteiger partial charge on any atom is -0.370 e. The number of halogens is 5. The van der Waals surface area contributed by atoms with Crippen LogP contribution < -0.4 is 15.8 Å². The summed E-state index contributed by atoms with van der Waals surface area (Å²) in [6.45, 7) is -0.274. The molecule has 0 saturated heterocycles. The number of amides is 2. The smallest absolute Gasteiger partial charge is 0.247 e. The van der Waals surface area contributed by atoms with Crippen molar-refractivity contribution in [1.82, 2.24) is 10.0 Å². The minimum absolute atomic E-state index is 0.274. The Morgan fingerprint density at radius 3 is 1.94 bits per heavy atom. The minimum atomic E-state index is -5.39. The molecular weight excluding hydrogens is 449 g/mol. The zero-order valence-corrected chi connectivity index (χ0v) is 16.4. The molecule has 0 fully saturated rings. The number of carbonyl (C=O) groups excluding carboxylic acids is 2. The summed E-state index contributed by atoms with van der Waals surface area (Å²) in [5.41, 5.74) is 5.36. The van der Waals surface area contributed by atoms with E-state index in [2.05, 4.69) is 5.32 Å². The van der Waals surface area contributed by atoms with Gasteiger partial charge in [-0.25, -0.2) is 30.4 Å². The van der Waals surface area contributed by atoms with Gasteiger partial charge in [-0.3, -0.25) is 9.59 Å². The number of rotatable bonds is 9. The topological polar surface area (TPSA) is 118 Å². The molecule has 0 aliphatic heterocycles. The summed E-state index contributed by atoms with van der Waals surface area (Å²) >= 11 is 0. The van der Waals surface area contributed by atoms with Crippen molar-refractivity contribution in [2.45, 2.75) is 23.8 Å². The van der Waals surface area contributed by atoms with Crippen LogP contribution in [0.2, 0.25) is 0 Å². The largest absolute Gasteiger partial charge is 0.370 e. The zero-order valence-electron chi connectivity index (χ0n) is 15.6. The van der Waals surface area contributed by atoms with E-state index in [1.54, 1.807) is 22.9 Å². The number of primary amides is 1. The van der Waals surface area contributed by atoms with Crippen LogP contribution in [0, 0.1) is 29.1 Å². The molecular formula is C18H16F5N3O4S. The van der Waals surface area contributed by atoms with Gasteiger partial charge in [-0.2, -0.15) is 4.72 Å². The number of sulfonamides is 1. The maximum Gasteiger partial charge on any atom is 0.247 e. The molecule has 0 aliphatic rings. The molecule has 31 heavy (non-hydrogen) atoms. The molecule has 0 heterocycles. The molecule has 0 radical (unpaired) electrons. The highest BCUT2D eigenvalue weighted by molar-refractivity contribution is 7.89. The normalized spacial score (nSPS) is 12.4. The number of nitrogens with one attached hydrogen (secondary N) is 2. The SMILES string of the molecule is NC(=O)CCNC(=O)C(Cc1ccccc1)NS(=O)(=O)c1c(F)c(F)c(F)c(F)c1F. The number of hydrogen-bond acceptors (Lipinski definition) is 4. The fourth-order valence-electron chi connectivity index (χ4n) is 2.54.